The molecule has 0 spiro atoms. The summed E-state index contributed by atoms with van der Waals surface area (Å²) in [5, 5.41) is 3.54. The van der Waals surface area contributed by atoms with Crippen molar-refractivity contribution in [1.29, 1.82) is 0 Å². The minimum atomic E-state index is 0.168. The van der Waals surface area contributed by atoms with Crippen molar-refractivity contribution < 1.29 is 4.79 Å². The Labute approximate surface area is 136 Å². The van der Waals surface area contributed by atoms with Crippen LogP contribution in [0, 0.1) is 0 Å². The van der Waals surface area contributed by atoms with Crippen LogP contribution in [0.5, 0.6) is 0 Å². The highest BCUT2D eigenvalue weighted by molar-refractivity contribution is 9.10. The van der Waals surface area contributed by atoms with Crippen LogP contribution in [0.3, 0.4) is 0 Å². The fourth-order valence-corrected chi connectivity index (χ4v) is 3.44. The van der Waals surface area contributed by atoms with Crippen molar-refractivity contribution in [2.75, 3.05) is 13.1 Å². The van der Waals surface area contributed by atoms with Crippen molar-refractivity contribution in [1.82, 2.24) is 14.8 Å². The van der Waals surface area contributed by atoms with Crippen LogP contribution in [0.1, 0.15) is 50.5 Å². The van der Waals surface area contributed by atoms with Gasteiger partial charge in [-0.15, -0.1) is 0 Å². The van der Waals surface area contributed by atoms with Gasteiger partial charge in [0.05, 0.1) is 0 Å². The third-order valence-corrected chi connectivity index (χ3v) is 4.71. The molecule has 1 N–H and O–H groups in total. The van der Waals surface area contributed by atoms with Gasteiger partial charge in [-0.3, -0.25) is 4.79 Å². The second-order valence-electron chi connectivity index (χ2n) is 5.77. The molecule has 1 aromatic heterocycles. The molecule has 2 heterocycles. The molecule has 0 bridgehead atoms. The van der Waals surface area contributed by atoms with Crippen LogP contribution < -0.4 is 5.32 Å². The molecule has 0 aromatic carbocycles. The number of amides is 1. The first-order valence-corrected chi connectivity index (χ1v) is 8.79. The summed E-state index contributed by atoms with van der Waals surface area (Å²) >= 11 is 3.50. The van der Waals surface area contributed by atoms with Gasteiger partial charge in [-0.2, -0.15) is 0 Å². The van der Waals surface area contributed by atoms with Crippen LogP contribution in [0.25, 0.3) is 0 Å². The summed E-state index contributed by atoms with van der Waals surface area (Å²) < 4.78 is 3.05. The van der Waals surface area contributed by atoms with Crippen molar-refractivity contribution in [3.8, 4) is 0 Å². The van der Waals surface area contributed by atoms with E-state index in [1.54, 1.807) is 0 Å². The third-order valence-electron chi connectivity index (χ3n) is 4.27. The second-order valence-corrected chi connectivity index (χ2v) is 6.69. The summed E-state index contributed by atoms with van der Waals surface area (Å²) in [6.45, 7) is 9.05. The van der Waals surface area contributed by atoms with Crippen LogP contribution >= 0.6 is 15.9 Å². The highest BCUT2D eigenvalue weighted by Gasteiger charge is 2.31. The standard InChI is InChI=1S/C16H26BrN3O/c1-4-7-19-10-12(17)8-15(19)16(21)20-11-13(5-2)18-9-14(20)6-3/h8,10,13-14,18H,4-7,9,11H2,1-3H3. The van der Waals surface area contributed by atoms with Crippen molar-refractivity contribution in [3.05, 3.63) is 22.4 Å². The first-order valence-electron chi connectivity index (χ1n) is 8.00. The molecule has 0 aliphatic carbocycles. The summed E-state index contributed by atoms with van der Waals surface area (Å²) in [6.07, 6.45) is 5.08. The van der Waals surface area contributed by atoms with Crippen molar-refractivity contribution in [3.63, 3.8) is 0 Å². The van der Waals surface area contributed by atoms with E-state index in [4.69, 9.17) is 0 Å². The zero-order chi connectivity index (χ0) is 15.4. The van der Waals surface area contributed by atoms with E-state index in [0.717, 1.165) is 49.1 Å². The van der Waals surface area contributed by atoms with E-state index in [1.165, 1.54) is 0 Å². The number of aryl methyl sites for hydroxylation is 1. The molecule has 118 valence electrons. The number of carbonyl (C=O) groups is 1. The molecular weight excluding hydrogens is 330 g/mol. The molecular formula is C16H26BrN3O. The Bertz CT molecular complexity index is 486. The van der Waals surface area contributed by atoms with Gasteiger partial charge in [0, 0.05) is 42.4 Å². The first-order chi connectivity index (χ1) is 10.1. The lowest BCUT2D eigenvalue weighted by Crippen LogP contribution is -2.58. The minimum Gasteiger partial charge on any atom is -0.342 e. The Kier molecular flexibility index (Phi) is 5.88. The zero-order valence-electron chi connectivity index (χ0n) is 13.2. The molecule has 2 atom stereocenters. The number of nitrogens with zero attached hydrogens (tertiary/aromatic N) is 2. The Morgan fingerprint density at radius 2 is 2.14 bits per heavy atom. The number of aromatic nitrogens is 1. The Morgan fingerprint density at radius 1 is 1.38 bits per heavy atom. The highest BCUT2D eigenvalue weighted by atomic mass is 79.9. The maximum Gasteiger partial charge on any atom is 0.270 e. The molecule has 5 heteroatoms. The Balaban J connectivity index is 2.23. The number of nitrogens with one attached hydrogen (secondary N) is 1. The van der Waals surface area contributed by atoms with Gasteiger partial charge in [0.1, 0.15) is 5.69 Å². The molecule has 1 aliphatic heterocycles. The summed E-state index contributed by atoms with van der Waals surface area (Å²) in [6, 6.07) is 2.66. The van der Waals surface area contributed by atoms with E-state index in [-0.39, 0.29) is 5.91 Å². The number of hydrogen-bond donors (Lipinski definition) is 1. The number of carbonyl (C=O) groups excluding carboxylic acids is 1. The van der Waals surface area contributed by atoms with Crippen LogP contribution in [-0.4, -0.2) is 40.5 Å². The van der Waals surface area contributed by atoms with Crippen LogP contribution in [0.2, 0.25) is 0 Å². The van der Waals surface area contributed by atoms with E-state index < -0.39 is 0 Å². The lowest BCUT2D eigenvalue weighted by atomic mass is 10.0. The molecule has 0 radical (unpaired) electrons. The van der Waals surface area contributed by atoms with Gasteiger partial charge in [0.25, 0.3) is 5.91 Å². The normalized spacial score (nSPS) is 22.6. The fraction of sp³-hybridized carbons (Fsp3) is 0.688. The summed E-state index contributed by atoms with van der Waals surface area (Å²) in [7, 11) is 0. The SMILES string of the molecule is CCCn1cc(Br)cc1C(=O)N1CC(CC)NCC1CC. The number of halogens is 1. The van der Waals surface area contributed by atoms with Gasteiger partial charge in [-0.25, -0.2) is 0 Å². The lowest BCUT2D eigenvalue weighted by Gasteiger charge is -2.40. The average Bonchev–Trinajstić information content (AvgIpc) is 2.87. The Hall–Kier alpha value is -0.810. The predicted octanol–water partition coefficient (Wildman–Crippen LogP) is 3.26. The van der Waals surface area contributed by atoms with Gasteiger partial charge >= 0.3 is 0 Å². The second kappa shape index (κ2) is 7.45. The van der Waals surface area contributed by atoms with Gasteiger partial charge in [-0.05, 0) is 41.3 Å². The molecule has 1 fully saturated rings. The third kappa shape index (κ3) is 3.69. The average molecular weight is 356 g/mol. The van der Waals surface area contributed by atoms with Gasteiger partial charge in [0.15, 0.2) is 0 Å². The summed E-state index contributed by atoms with van der Waals surface area (Å²) in [4.78, 5) is 15.1. The van der Waals surface area contributed by atoms with Crippen molar-refractivity contribution in [2.45, 2.75) is 58.7 Å². The predicted molar refractivity (Wildman–Crippen MR) is 89.6 cm³/mol. The quantitative estimate of drug-likeness (QED) is 0.879. The first kappa shape index (κ1) is 16.6. The largest absolute Gasteiger partial charge is 0.342 e. The van der Waals surface area contributed by atoms with E-state index in [1.807, 2.05) is 12.3 Å². The van der Waals surface area contributed by atoms with E-state index >= 15 is 0 Å². The molecule has 1 amide bonds. The number of rotatable bonds is 5. The Morgan fingerprint density at radius 3 is 2.76 bits per heavy atom. The lowest BCUT2D eigenvalue weighted by molar-refractivity contribution is 0.0565. The van der Waals surface area contributed by atoms with Gasteiger partial charge in [-0.1, -0.05) is 20.8 Å². The maximum atomic E-state index is 13.0. The van der Waals surface area contributed by atoms with Crippen molar-refractivity contribution >= 4 is 21.8 Å². The van der Waals surface area contributed by atoms with Gasteiger partial charge < -0.3 is 14.8 Å². The van der Waals surface area contributed by atoms with E-state index in [0.29, 0.717) is 12.1 Å². The molecule has 2 unspecified atom stereocenters. The van der Waals surface area contributed by atoms with Crippen LogP contribution in [0.15, 0.2) is 16.7 Å². The van der Waals surface area contributed by atoms with E-state index in [2.05, 4.69) is 51.5 Å². The molecule has 1 aliphatic rings. The van der Waals surface area contributed by atoms with Crippen molar-refractivity contribution in [2.24, 2.45) is 0 Å². The minimum absolute atomic E-state index is 0.168. The molecule has 4 nitrogen and oxygen atoms in total. The molecule has 1 aromatic rings. The smallest absolute Gasteiger partial charge is 0.270 e. The summed E-state index contributed by atoms with van der Waals surface area (Å²) in [5.41, 5.74) is 0.805. The number of piperazine rings is 1. The molecule has 0 saturated carbocycles. The molecule has 21 heavy (non-hydrogen) atoms. The fourth-order valence-electron chi connectivity index (χ4n) is 2.98. The molecule has 2 rings (SSSR count). The van der Waals surface area contributed by atoms with Gasteiger partial charge in [0.2, 0.25) is 0 Å². The topological polar surface area (TPSA) is 37.3 Å². The molecule has 1 saturated heterocycles. The number of hydrogen-bond acceptors (Lipinski definition) is 2. The maximum absolute atomic E-state index is 13.0. The van der Waals surface area contributed by atoms with Crippen LogP contribution in [0.4, 0.5) is 0 Å². The monoisotopic (exact) mass is 355 g/mol. The van der Waals surface area contributed by atoms with E-state index in [9.17, 15) is 4.79 Å². The van der Waals surface area contributed by atoms with Crippen LogP contribution in [-0.2, 0) is 6.54 Å². The highest BCUT2D eigenvalue weighted by Crippen LogP contribution is 2.21. The zero-order valence-corrected chi connectivity index (χ0v) is 14.8. The summed E-state index contributed by atoms with van der Waals surface area (Å²) in [5.74, 6) is 0.168.